The number of thioether (sulfide) groups is 1. The lowest BCUT2D eigenvalue weighted by Gasteiger charge is -2.35. The predicted molar refractivity (Wildman–Crippen MR) is 110 cm³/mol. The Kier molecular flexibility index (Phi) is 6.97. The van der Waals surface area contributed by atoms with Crippen LogP contribution in [-0.2, 0) is 0 Å². The van der Waals surface area contributed by atoms with Crippen molar-refractivity contribution in [2.45, 2.75) is 56.8 Å². The van der Waals surface area contributed by atoms with E-state index in [1.807, 2.05) is 0 Å². The third-order valence-corrected chi connectivity index (χ3v) is 6.85. The fourth-order valence-corrected chi connectivity index (χ4v) is 4.91. The molecule has 3 rings (SSSR count). The molecule has 0 N–H and O–H groups in total. The molecule has 0 aliphatic heterocycles. The van der Waals surface area contributed by atoms with E-state index >= 15 is 0 Å². The molecular weight excluding hydrogens is 372 g/mol. The lowest BCUT2D eigenvalue weighted by atomic mass is 9.70. The van der Waals surface area contributed by atoms with Crippen LogP contribution in [0.3, 0.4) is 0 Å². The van der Waals surface area contributed by atoms with Crippen LogP contribution < -0.4 is 0 Å². The first-order valence-electron chi connectivity index (χ1n) is 9.90. The topological polar surface area (TPSA) is 23.8 Å². The first kappa shape index (κ1) is 20.7. The molecule has 1 aromatic rings. The Morgan fingerprint density at radius 1 is 1.07 bits per heavy atom. The van der Waals surface area contributed by atoms with Crippen molar-refractivity contribution < 1.29 is 8.78 Å². The van der Waals surface area contributed by atoms with Crippen molar-refractivity contribution in [1.82, 2.24) is 0 Å². The predicted octanol–water partition coefficient (Wildman–Crippen LogP) is 7.00. The van der Waals surface area contributed by atoms with Crippen LogP contribution in [-0.4, -0.2) is 0 Å². The van der Waals surface area contributed by atoms with Crippen molar-refractivity contribution in [2.24, 2.45) is 17.8 Å². The minimum absolute atomic E-state index is 0.268. The molecule has 4 heteroatoms. The molecule has 0 saturated heterocycles. The fourth-order valence-electron chi connectivity index (χ4n) is 4.51. The molecule has 2 aliphatic carbocycles. The molecule has 0 heterocycles. The lowest BCUT2D eigenvalue weighted by molar-refractivity contribution is 0.207. The maximum atomic E-state index is 14.0. The number of rotatable bonds is 3. The zero-order chi connectivity index (χ0) is 20.1. The van der Waals surface area contributed by atoms with Gasteiger partial charge in [-0.3, -0.25) is 0 Å². The maximum absolute atomic E-state index is 14.0. The number of hydrogen-bond donors (Lipinski definition) is 0. The number of hydrogen-bond acceptors (Lipinski definition) is 2. The van der Waals surface area contributed by atoms with Crippen molar-refractivity contribution in [2.75, 3.05) is 0 Å². The molecule has 146 valence electrons. The van der Waals surface area contributed by atoms with Crippen LogP contribution in [0.2, 0.25) is 0 Å². The number of nitrogens with zero attached hydrogens (tertiary/aromatic N) is 1. The number of nitriles is 1. The maximum Gasteiger partial charge on any atom is 0.142 e. The number of benzene rings is 1. The van der Waals surface area contributed by atoms with E-state index in [1.54, 1.807) is 5.40 Å². The van der Waals surface area contributed by atoms with Crippen molar-refractivity contribution in [3.8, 4) is 17.2 Å². The molecule has 0 aromatic heterocycles. The van der Waals surface area contributed by atoms with E-state index in [4.69, 9.17) is 5.26 Å². The number of thiocyanates is 1. The molecule has 0 bridgehead atoms. The van der Waals surface area contributed by atoms with Gasteiger partial charge in [-0.05, 0) is 93.5 Å². The fraction of sp³-hybridized carbons (Fsp3) is 0.458. The second-order valence-corrected chi connectivity index (χ2v) is 8.68. The van der Waals surface area contributed by atoms with Gasteiger partial charge in [0.1, 0.15) is 17.0 Å². The normalized spacial score (nSPS) is 24.9. The van der Waals surface area contributed by atoms with E-state index in [-0.39, 0.29) is 4.90 Å². The summed E-state index contributed by atoms with van der Waals surface area (Å²) in [6.07, 6.45) is 10.4. The Morgan fingerprint density at radius 2 is 1.75 bits per heavy atom. The third kappa shape index (κ3) is 4.86. The summed E-state index contributed by atoms with van der Waals surface area (Å²) in [6.45, 7) is 6.07. The van der Waals surface area contributed by atoms with E-state index < -0.39 is 11.6 Å². The standard InChI is InChI=1S/C24H25F2NS/c1-3-17-4-8-20(9-5-17)21-11-10-19(16(2)12-21)7-6-18-13-22(25)24(28-15-27)23(26)14-18/h3,13-14,17,20-21H,1,4-5,8-12H2,2H3. The van der Waals surface area contributed by atoms with Gasteiger partial charge < -0.3 is 0 Å². The summed E-state index contributed by atoms with van der Waals surface area (Å²) < 4.78 is 27.9. The highest BCUT2D eigenvalue weighted by Gasteiger charge is 2.29. The Hall–Kier alpha value is -2.04. The minimum Gasteiger partial charge on any atom is -0.206 e. The average Bonchev–Trinajstić information content (AvgIpc) is 2.70. The summed E-state index contributed by atoms with van der Waals surface area (Å²) in [4.78, 5) is -0.268. The quantitative estimate of drug-likeness (QED) is 0.237. The van der Waals surface area contributed by atoms with Gasteiger partial charge in [-0.25, -0.2) is 8.78 Å². The molecule has 0 spiro atoms. The number of allylic oxidation sites excluding steroid dienone is 3. The van der Waals surface area contributed by atoms with Crippen LogP contribution in [0.4, 0.5) is 8.78 Å². The molecule has 1 nitrogen and oxygen atoms in total. The van der Waals surface area contributed by atoms with Gasteiger partial charge >= 0.3 is 0 Å². The largest absolute Gasteiger partial charge is 0.206 e. The van der Waals surface area contributed by atoms with Gasteiger partial charge in [-0.2, -0.15) is 5.26 Å². The molecule has 0 amide bonds. The Morgan fingerprint density at radius 3 is 2.32 bits per heavy atom. The van der Waals surface area contributed by atoms with Crippen LogP contribution in [0.5, 0.6) is 0 Å². The summed E-state index contributed by atoms with van der Waals surface area (Å²) in [5, 5.41) is 10.3. The lowest BCUT2D eigenvalue weighted by Crippen LogP contribution is -2.23. The zero-order valence-electron chi connectivity index (χ0n) is 16.2. The summed E-state index contributed by atoms with van der Waals surface area (Å²) in [5.41, 5.74) is 2.72. The Balaban J connectivity index is 1.68. The van der Waals surface area contributed by atoms with E-state index in [0.29, 0.717) is 23.2 Å². The van der Waals surface area contributed by atoms with E-state index in [0.717, 1.165) is 36.7 Å². The minimum atomic E-state index is -0.736. The Labute approximate surface area is 170 Å². The second kappa shape index (κ2) is 9.44. The van der Waals surface area contributed by atoms with Gasteiger partial charge in [-0.15, -0.1) is 6.58 Å². The van der Waals surface area contributed by atoms with Crippen LogP contribution >= 0.6 is 11.8 Å². The Bertz CT molecular complexity index is 853. The van der Waals surface area contributed by atoms with Gasteiger partial charge in [0, 0.05) is 11.1 Å². The molecule has 1 atom stereocenters. The van der Waals surface area contributed by atoms with Gasteiger partial charge in [0.15, 0.2) is 0 Å². The molecule has 1 aromatic carbocycles. The van der Waals surface area contributed by atoms with Crippen molar-refractivity contribution in [3.63, 3.8) is 0 Å². The molecule has 1 unspecified atom stereocenters. The first-order valence-corrected chi connectivity index (χ1v) is 10.7. The van der Waals surface area contributed by atoms with E-state index in [1.165, 1.54) is 43.4 Å². The zero-order valence-corrected chi connectivity index (χ0v) is 17.0. The molecule has 0 radical (unpaired) electrons. The molecule has 28 heavy (non-hydrogen) atoms. The SMILES string of the molecule is C=CC1CCC(C2CCC(C#Cc3cc(F)c(SC#N)c(F)c3)=C(C)C2)CC1. The van der Waals surface area contributed by atoms with Crippen molar-refractivity contribution >= 4 is 11.8 Å². The first-order chi connectivity index (χ1) is 13.5. The van der Waals surface area contributed by atoms with Crippen LogP contribution in [0.15, 0.2) is 40.8 Å². The second-order valence-electron chi connectivity index (χ2n) is 7.88. The van der Waals surface area contributed by atoms with Crippen molar-refractivity contribution in [1.29, 1.82) is 5.26 Å². The van der Waals surface area contributed by atoms with Crippen LogP contribution in [0.1, 0.15) is 57.4 Å². The van der Waals surface area contributed by atoms with Gasteiger partial charge in [-0.1, -0.05) is 23.5 Å². The van der Waals surface area contributed by atoms with Gasteiger partial charge in [0.2, 0.25) is 0 Å². The molecule has 1 saturated carbocycles. The van der Waals surface area contributed by atoms with Crippen molar-refractivity contribution in [3.05, 3.63) is 53.1 Å². The molecular formula is C24H25F2NS. The average molecular weight is 398 g/mol. The third-order valence-electron chi connectivity index (χ3n) is 6.17. The number of halogens is 2. The summed E-state index contributed by atoms with van der Waals surface area (Å²) in [7, 11) is 0. The smallest absolute Gasteiger partial charge is 0.142 e. The van der Waals surface area contributed by atoms with E-state index in [9.17, 15) is 8.78 Å². The summed E-state index contributed by atoms with van der Waals surface area (Å²) in [5.74, 6) is 6.81. The highest BCUT2D eigenvalue weighted by atomic mass is 32.2. The van der Waals surface area contributed by atoms with Crippen LogP contribution in [0.25, 0.3) is 0 Å². The van der Waals surface area contributed by atoms with Gasteiger partial charge in [0.05, 0.1) is 4.90 Å². The van der Waals surface area contributed by atoms with Gasteiger partial charge in [0.25, 0.3) is 0 Å². The summed E-state index contributed by atoms with van der Waals surface area (Å²) in [6, 6.07) is 2.41. The molecule has 2 aliphatic rings. The van der Waals surface area contributed by atoms with E-state index in [2.05, 4.69) is 31.4 Å². The highest BCUT2D eigenvalue weighted by Crippen LogP contribution is 2.41. The highest BCUT2D eigenvalue weighted by molar-refractivity contribution is 8.03. The van der Waals surface area contributed by atoms with Crippen LogP contribution in [0, 0.1) is 51.9 Å². The summed E-state index contributed by atoms with van der Waals surface area (Å²) >= 11 is 0.492. The molecule has 1 fully saturated rings. The monoisotopic (exact) mass is 397 g/mol.